The number of aryl methyl sites for hydroxylation is 24. The summed E-state index contributed by atoms with van der Waals surface area (Å²) < 4.78 is 42.4. The van der Waals surface area contributed by atoms with Gasteiger partial charge in [0.25, 0.3) is 0 Å². The molecule has 3 aromatic carbocycles. The number of aromatic nitrogens is 17. The summed E-state index contributed by atoms with van der Waals surface area (Å²) >= 11 is 7.40. The first-order valence-electron chi connectivity index (χ1n) is 30.0. The standard InChI is InChI=1S/C15H21N.C12H15NO.C12H15NS.3C4H6N2O.4C4H6N2S/c1-8-9(2)11(4)15-14(10(8)3)12(5)13(6)16(15)7;2*1-6-7(2)9(4)12-11(8(6)3)13-10(5)14-12;1-3-5-4(2)7-6-3;1-3-4(2)7-6-5-3;1-3-4(2)6-7-5-3;2*1-3-5-4(2)7-6-3;1-3-4(2)7-6-5-3;1-3-4(2)6-7-5-3/h1-7H3;2*1-5H3;7*1-2H3. The van der Waals surface area contributed by atoms with Gasteiger partial charge in [0.15, 0.2) is 23.1 Å². The van der Waals surface area contributed by atoms with Crippen molar-refractivity contribution >= 4 is 89.9 Å². The van der Waals surface area contributed by atoms with Crippen LogP contribution in [0.3, 0.4) is 0 Å². The molecule has 0 atom stereocenters. The van der Waals surface area contributed by atoms with E-state index < -0.39 is 0 Å². The maximum atomic E-state index is 5.60. The molecule has 0 aliphatic heterocycles. The molecule has 10 aromatic heterocycles. The zero-order valence-electron chi connectivity index (χ0n) is 60.3. The highest BCUT2D eigenvalue weighted by Crippen LogP contribution is 2.35. The fourth-order valence-electron chi connectivity index (χ4n) is 8.77. The second kappa shape index (κ2) is 35.5. The first-order chi connectivity index (χ1) is 43.5. The van der Waals surface area contributed by atoms with E-state index in [1.54, 1.807) is 25.2 Å². The van der Waals surface area contributed by atoms with Crippen molar-refractivity contribution < 1.29 is 18.1 Å². The van der Waals surface area contributed by atoms with Crippen LogP contribution in [0.4, 0.5) is 0 Å². The third kappa shape index (κ3) is 21.4. The summed E-state index contributed by atoms with van der Waals surface area (Å²) in [6.45, 7) is 61.1. The molecule has 0 saturated carbocycles. The minimum Gasteiger partial charge on any atom is -0.441 e. The number of thiazole rings is 1. The molecule has 21 nitrogen and oxygen atoms in total. The number of hydrogen-bond acceptors (Lipinski definition) is 25. The molecule has 0 aliphatic rings. The Bertz CT molecular complexity index is 3930. The molecule has 10 heterocycles. The minimum atomic E-state index is 0.623. The van der Waals surface area contributed by atoms with Gasteiger partial charge in [-0.25, -0.2) is 24.6 Å². The van der Waals surface area contributed by atoms with E-state index in [-0.39, 0.29) is 0 Å². The van der Waals surface area contributed by atoms with Crippen molar-refractivity contribution in [2.75, 3.05) is 0 Å². The van der Waals surface area contributed by atoms with E-state index >= 15 is 0 Å². The van der Waals surface area contributed by atoms with Crippen LogP contribution in [0.15, 0.2) is 18.1 Å². The number of fused-ring (bicyclic) bond motifs is 3. The molecule has 26 heteroatoms. The van der Waals surface area contributed by atoms with Crippen LogP contribution in [-0.2, 0) is 7.05 Å². The molecule has 0 radical (unpaired) electrons. The molecule has 0 bridgehead atoms. The van der Waals surface area contributed by atoms with Gasteiger partial charge in [-0.3, -0.25) is 0 Å². The molecule has 0 amide bonds. The van der Waals surface area contributed by atoms with Crippen LogP contribution in [0, 0.1) is 208 Å². The third-order valence-electron chi connectivity index (χ3n) is 16.0. The normalized spacial score (nSPS) is 10.3. The van der Waals surface area contributed by atoms with Gasteiger partial charge in [-0.1, -0.05) is 20.0 Å². The lowest BCUT2D eigenvalue weighted by atomic mass is 9.94. The molecule has 0 N–H and O–H groups in total. The lowest BCUT2D eigenvalue weighted by molar-refractivity contribution is 0.302. The van der Waals surface area contributed by atoms with Crippen LogP contribution in [0.25, 0.3) is 32.2 Å². The monoisotopic (exact) mass is 1360 g/mol. The van der Waals surface area contributed by atoms with Gasteiger partial charge in [0.2, 0.25) is 5.89 Å². The number of benzene rings is 3. The van der Waals surface area contributed by atoms with Crippen LogP contribution >= 0.6 is 57.7 Å². The maximum Gasteiger partial charge on any atom is 0.223 e. The van der Waals surface area contributed by atoms with E-state index in [0.717, 1.165) is 83.6 Å². The topological polar surface area (TPSA) is 264 Å². The second-order valence-corrected chi connectivity index (χ2v) is 27.2. The highest BCUT2D eigenvalue weighted by molar-refractivity contribution is 7.18. The Morgan fingerprint density at radius 2 is 0.871 bits per heavy atom. The zero-order valence-corrected chi connectivity index (χ0v) is 64.4. The Morgan fingerprint density at radius 3 is 1.22 bits per heavy atom. The van der Waals surface area contributed by atoms with Gasteiger partial charge in [-0.15, -0.1) is 21.5 Å². The van der Waals surface area contributed by atoms with Crippen LogP contribution < -0.4 is 0 Å². The van der Waals surface area contributed by atoms with E-state index in [0.29, 0.717) is 11.7 Å². The molecule has 93 heavy (non-hydrogen) atoms. The summed E-state index contributed by atoms with van der Waals surface area (Å²) in [5, 5.41) is 26.0. The average molecular weight is 1360 g/mol. The number of hydrogen-bond donors (Lipinski definition) is 0. The van der Waals surface area contributed by atoms with Crippen LogP contribution in [0.2, 0.25) is 0 Å². The molecule has 0 aliphatic carbocycles. The number of oxazole rings is 1. The molecule has 500 valence electrons. The van der Waals surface area contributed by atoms with Crippen LogP contribution in [0.1, 0.15) is 167 Å². The summed E-state index contributed by atoms with van der Waals surface area (Å²) in [4.78, 5) is 22.1. The lowest BCUT2D eigenvalue weighted by Gasteiger charge is -2.12. The molecule has 0 spiro atoms. The first kappa shape index (κ1) is 77.7. The first-order valence-corrected chi connectivity index (χ1v) is 33.9. The van der Waals surface area contributed by atoms with Crippen molar-refractivity contribution in [2.24, 2.45) is 7.05 Å². The van der Waals surface area contributed by atoms with Crippen molar-refractivity contribution in [3.05, 3.63) is 167 Å². The Hall–Kier alpha value is -7.78. The minimum absolute atomic E-state index is 0.623. The highest BCUT2D eigenvalue weighted by atomic mass is 32.1. The van der Waals surface area contributed by atoms with Gasteiger partial charge in [0.1, 0.15) is 44.3 Å². The van der Waals surface area contributed by atoms with Crippen molar-refractivity contribution in [2.45, 2.75) is 208 Å². The lowest BCUT2D eigenvalue weighted by Crippen LogP contribution is -1.97. The second-order valence-electron chi connectivity index (χ2n) is 22.6. The Kier molecular flexibility index (Phi) is 29.6. The summed E-state index contributed by atoms with van der Waals surface area (Å²) in [7, 11) is 2.17. The van der Waals surface area contributed by atoms with Gasteiger partial charge >= 0.3 is 0 Å². The van der Waals surface area contributed by atoms with Crippen molar-refractivity contribution in [3.8, 4) is 0 Å². The van der Waals surface area contributed by atoms with E-state index in [4.69, 9.17) is 4.42 Å². The largest absolute Gasteiger partial charge is 0.441 e. The molecule has 0 saturated heterocycles. The molecule has 13 aromatic rings. The molecular weight excluding hydrogens is 1270 g/mol. The Morgan fingerprint density at radius 1 is 0.366 bits per heavy atom. The van der Waals surface area contributed by atoms with Gasteiger partial charge in [0, 0.05) is 42.1 Å². The average Bonchev–Trinajstić information content (AvgIpc) is 1.78. The predicted molar refractivity (Wildman–Crippen MR) is 381 cm³/mol. The van der Waals surface area contributed by atoms with Gasteiger partial charge in [0.05, 0.1) is 49.6 Å². The summed E-state index contributed by atoms with van der Waals surface area (Å²) in [6.07, 6.45) is 0. The van der Waals surface area contributed by atoms with Crippen molar-refractivity contribution in [3.63, 3.8) is 0 Å². The van der Waals surface area contributed by atoms with E-state index in [1.807, 2.05) is 90.0 Å². The number of rotatable bonds is 0. The number of nitrogens with zero attached hydrogens (tertiary/aromatic N) is 17. The van der Waals surface area contributed by atoms with E-state index in [9.17, 15) is 0 Å². The summed E-state index contributed by atoms with van der Waals surface area (Å²) in [5.74, 6) is 4.61. The highest BCUT2D eigenvalue weighted by Gasteiger charge is 2.17. The smallest absolute Gasteiger partial charge is 0.223 e. The third-order valence-corrected chi connectivity index (χ3v) is 20.0. The molecule has 13 rings (SSSR count). The zero-order chi connectivity index (χ0) is 70.0. The van der Waals surface area contributed by atoms with Gasteiger partial charge in [-0.2, -0.15) is 22.5 Å². The van der Waals surface area contributed by atoms with Gasteiger partial charge in [-0.05, 0) is 301 Å². The van der Waals surface area contributed by atoms with E-state index in [1.165, 1.54) is 150 Å². The predicted octanol–water partition coefficient (Wildman–Crippen LogP) is 17.9. The fraction of sp³-hybridized carbons (Fsp3) is 0.463. The molecular formula is C67H93N17O4S5. The quantitative estimate of drug-likeness (QED) is 0.137. The van der Waals surface area contributed by atoms with Crippen molar-refractivity contribution in [1.82, 2.24) is 82.4 Å². The summed E-state index contributed by atoms with van der Waals surface area (Å²) in [5.41, 5.74) is 29.5. The van der Waals surface area contributed by atoms with E-state index in [2.05, 4.69) is 207 Å². The Balaban J connectivity index is 0.000000225. The van der Waals surface area contributed by atoms with Gasteiger partial charge < -0.3 is 18.0 Å². The van der Waals surface area contributed by atoms with Crippen LogP contribution in [0.5, 0.6) is 0 Å². The SMILES string of the molecule is Cc1c(C)c(C)c2c(c1C)c(C)c(C)n2C.Cc1nc2c(C)c(C)c(C)c(C)c2o1.Cc1nc2c(C)c(C)c(C)c(C)c2s1.Cc1nnoc1C.Cc1nnsc1C.Cc1noc(C)n1.Cc1nonc1C.Cc1nsc(C)n1.Cc1nsc(C)n1.Cc1nsnc1C. The fourth-order valence-corrected chi connectivity index (χ4v) is 11.8. The van der Waals surface area contributed by atoms with Crippen LogP contribution in [-0.4, -0.2) is 82.4 Å². The molecule has 0 fully saturated rings. The molecule has 0 unspecified atom stereocenters. The Labute approximate surface area is 568 Å². The maximum absolute atomic E-state index is 5.60. The summed E-state index contributed by atoms with van der Waals surface area (Å²) in [6, 6.07) is 0. The van der Waals surface area contributed by atoms with Crippen molar-refractivity contribution in [1.29, 1.82) is 0 Å².